The van der Waals surface area contributed by atoms with Gasteiger partial charge in [-0.2, -0.15) is 0 Å². The Morgan fingerprint density at radius 2 is 1.60 bits per heavy atom. The number of carbonyl (C=O) groups excluding carboxylic acids is 2. The summed E-state index contributed by atoms with van der Waals surface area (Å²) < 4.78 is 22.7. The molecule has 0 unspecified atom stereocenters. The average Bonchev–Trinajstić information content (AvgIpc) is 2.66. The summed E-state index contributed by atoms with van der Waals surface area (Å²) in [5.74, 6) is 2.13. The third kappa shape index (κ3) is 4.39. The van der Waals surface area contributed by atoms with Crippen LogP contribution in [0.1, 0.15) is 63.5 Å². The molecule has 4 aliphatic rings. The van der Waals surface area contributed by atoms with Crippen LogP contribution in [0.15, 0.2) is 29.2 Å². The molecule has 4 saturated carbocycles. The molecular weight excluding hydrogens is 402 g/mol. The van der Waals surface area contributed by atoms with Gasteiger partial charge in [0, 0.05) is 18.4 Å². The zero-order valence-corrected chi connectivity index (χ0v) is 18.2. The van der Waals surface area contributed by atoms with Crippen LogP contribution in [0.3, 0.4) is 0 Å². The highest BCUT2D eigenvalue weighted by Gasteiger charge is 2.54. The Labute approximate surface area is 178 Å². The first-order valence-corrected chi connectivity index (χ1v) is 12.4. The number of nitrogens with one attached hydrogen (secondary N) is 2. The van der Waals surface area contributed by atoms with E-state index in [1.807, 2.05) is 6.92 Å². The van der Waals surface area contributed by atoms with Gasteiger partial charge >= 0.3 is 0 Å². The molecule has 164 valence electrons. The Morgan fingerprint density at radius 3 is 2.10 bits per heavy atom. The van der Waals surface area contributed by atoms with Crippen LogP contribution in [-0.2, 0) is 19.6 Å². The topological polar surface area (TPSA) is 118 Å². The number of nitrogens with two attached hydrogens (primary N) is 1. The normalized spacial score (nSPS) is 30.7. The molecule has 30 heavy (non-hydrogen) atoms. The van der Waals surface area contributed by atoms with Crippen molar-refractivity contribution < 1.29 is 18.0 Å². The number of primary sulfonamides is 1. The van der Waals surface area contributed by atoms with E-state index in [0.717, 1.165) is 24.8 Å². The summed E-state index contributed by atoms with van der Waals surface area (Å²) in [5, 5.41) is 11.0. The molecule has 4 bridgehead atoms. The summed E-state index contributed by atoms with van der Waals surface area (Å²) in [7, 11) is -3.73. The Morgan fingerprint density at radius 1 is 1.07 bits per heavy atom. The van der Waals surface area contributed by atoms with Crippen LogP contribution in [-0.4, -0.2) is 26.8 Å². The van der Waals surface area contributed by atoms with Crippen molar-refractivity contribution in [3.05, 3.63) is 29.8 Å². The van der Waals surface area contributed by atoms with Crippen molar-refractivity contribution in [1.82, 2.24) is 10.6 Å². The third-order valence-corrected chi connectivity index (χ3v) is 8.17. The lowest BCUT2D eigenvalue weighted by atomic mass is 9.49. The molecule has 0 radical (unpaired) electrons. The monoisotopic (exact) mass is 433 g/mol. The van der Waals surface area contributed by atoms with E-state index < -0.39 is 10.0 Å². The first-order chi connectivity index (χ1) is 14.1. The van der Waals surface area contributed by atoms with E-state index in [-0.39, 0.29) is 34.6 Å². The summed E-state index contributed by atoms with van der Waals surface area (Å²) in [5.41, 5.74) is 0.595. The van der Waals surface area contributed by atoms with Crippen LogP contribution in [0.2, 0.25) is 0 Å². The molecule has 1 aromatic rings. The quantitative estimate of drug-likeness (QED) is 0.611. The number of sulfonamides is 1. The number of hydrogen-bond donors (Lipinski definition) is 3. The predicted molar refractivity (Wildman–Crippen MR) is 113 cm³/mol. The summed E-state index contributed by atoms with van der Waals surface area (Å²) in [6, 6.07) is 5.86. The van der Waals surface area contributed by atoms with Crippen LogP contribution in [0.5, 0.6) is 0 Å². The minimum absolute atomic E-state index is 0.0390. The van der Waals surface area contributed by atoms with E-state index in [1.165, 1.54) is 31.4 Å². The van der Waals surface area contributed by atoms with Gasteiger partial charge in [0.15, 0.2) is 0 Å². The van der Waals surface area contributed by atoms with Gasteiger partial charge in [0.2, 0.25) is 21.8 Å². The maximum Gasteiger partial charge on any atom is 0.238 e. The molecule has 4 aliphatic carbocycles. The lowest BCUT2D eigenvalue weighted by Gasteiger charge is -2.55. The van der Waals surface area contributed by atoms with Gasteiger partial charge < -0.3 is 10.6 Å². The van der Waals surface area contributed by atoms with Gasteiger partial charge in [-0.15, -0.1) is 0 Å². The van der Waals surface area contributed by atoms with E-state index >= 15 is 0 Å². The highest BCUT2D eigenvalue weighted by atomic mass is 32.2. The SMILES string of the molecule is C[C@H](NC(=O)CCNC(=O)C12CC3CC(CC(C3)C1)C2)c1ccc(S(N)(=O)=O)cc1. The van der Waals surface area contributed by atoms with Crippen LogP contribution in [0.25, 0.3) is 0 Å². The average molecular weight is 434 g/mol. The fraction of sp³-hybridized carbons (Fsp3) is 0.636. The van der Waals surface area contributed by atoms with Gasteiger partial charge in [0.1, 0.15) is 0 Å². The second-order valence-corrected chi connectivity index (χ2v) is 11.2. The minimum atomic E-state index is -3.73. The molecule has 0 spiro atoms. The highest BCUT2D eigenvalue weighted by Crippen LogP contribution is 2.60. The van der Waals surface area contributed by atoms with Gasteiger partial charge in [-0.25, -0.2) is 13.6 Å². The maximum atomic E-state index is 12.9. The molecule has 1 atom stereocenters. The summed E-state index contributed by atoms with van der Waals surface area (Å²) in [4.78, 5) is 25.3. The second-order valence-electron chi connectivity index (χ2n) is 9.61. The molecule has 0 aromatic heterocycles. The van der Waals surface area contributed by atoms with Crippen LogP contribution < -0.4 is 15.8 Å². The van der Waals surface area contributed by atoms with Gasteiger partial charge in [-0.1, -0.05) is 12.1 Å². The van der Waals surface area contributed by atoms with Crippen LogP contribution >= 0.6 is 0 Å². The number of amides is 2. The largest absolute Gasteiger partial charge is 0.355 e. The smallest absolute Gasteiger partial charge is 0.238 e. The number of rotatable bonds is 7. The number of carbonyl (C=O) groups is 2. The lowest BCUT2D eigenvalue weighted by molar-refractivity contribution is -0.146. The maximum absolute atomic E-state index is 12.9. The van der Waals surface area contributed by atoms with Crippen molar-refractivity contribution in [2.24, 2.45) is 28.3 Å². The van der Waals surface area contributed by atoms with Crippen LogP contribution in [0, 0.1) is 23.2 Å². The van der Waals surface area contributed by atoms with E-state index in [9.17, 15) is 18.0 Å². The molecule has 4 fully saturated rings. The van der Waals surface area contributed by atoms with Crippen molar-refractivity contribution in [3.8, 4) is 0 Å². The van der Waals surface area contributed by atoms with Crippen molar-refractivity contribution >= 4 is 21.8 Å². The Bertz CT molecular complexity index is 891. The molecule has 7 nitrogen and oxygen atoms in total. The molecule has 2 amide bonds. The lowest BCUT2D eigenvalue weighted by Crippen LogP contribution is -2.53. The molecule has 5 rings (SSSR count). The number of benzene rings is 1. The molecule has 4 N–H and O–H groups in total. The van der Waals surface area contributed by atoms with Crippen molar-refractivity contribution in [2.75, 3.05) is 6.54 Å². The predicted octanol–water partition coefficient (Wildman–Crippen LogP) is 2.23. The second kappa shape index (κ2) is 7.96. The first kappa shape index (κ1) is 21.3. The zero-order valence-electron chi connectivity index (χ0n) is 17.4. The third-order valence-electron chi connectivity index (χ3n) is 7.24. The minimum Gasteiger partial charge on any atom is -0.355 e. The number of hydrogen-bond acceptors (Lipinski definition) is 4. The molecule has 1 aromatic carbocycles. The molecule has 8 heteroatoms. The standard InChI is InChI=1S/C22H31N3O4S/c1-14(18-2-4-19(5-3-18)30(23,28)29)25-20(26)6-7-24-21(27)22-11-15-8-16(12-22)10-17(9-15)13-22/h2-5,14-17H,6-13H2,1H3,(H,24,27)(H,25,26)(H2,23,28,29)/t14-,15?,16?,17?,22?/m0/s1. The van der Waals surface area contributed by atoms with Crippen molar-refractivity contribution in [3.63, 3.8) is 0 Å². The molecule has 0 aliphatic heterocycles. The van der Waals surface area contributed by atoms with Crippen molar-refractivity contribution in [1.29, 1.82) is 0 Å². The molecule has 0 heterocycles. The van der Waals surface area contributed by atoms with Gasteiger partial charge in [0.25, 0.3) is 0 Å². The van der Waals surface area contributed by atoms with E-state index in [2.05, 4.69) is 10.6 Å². The van der Waals surface area contributed by atoms with Crippen molar-refractivity contribution in [2.45, 2.75) is 62.8 Å². The van der Waals surface area contributed by atoms with E-state index in [0.29, 0.717) is 24.3 Å². The summed E-state index contributed by atoms with van der Waals surface area (Å²) in [6.07, 6.45) is 7.16. The fourth-order valence-corrected chi connectivity index (χ4v) is 6.72. The first-order valence-electron chi connectivity index (χ1n) is 10.8. The van der Waals surface area contributed by atoms with Gasteiger partial charge in [-0.3, -0.25) is 9.59 Å². The summed E-state index contributed by atoms with van der Waals surface area (Å²) >= 11 is 0. The Balaban J connectivity index is 1.24. The van der Waals surface area contributed by atoms with Crippen LogP contribution in [0.4, 0.5) is 0 Å². The molecule has 0 saturated heterocycles. The molecular formula is C22H31N3O4S. The fourth-order valence-electron chi connectivity index (χ4n) is 6.21. The summed E-state index contributed by atoms with van der Waals surface area (Å²) in [6.45, 7) is 2.17. The van der Waals surface area contributed by atoms with E-state index in [1.54, 1.807) is 12.1 Å². The highest BCUT2D eigenvalue weighted by molar-refractivity contribution is 7.89. The van der Waals surface area contributed by atoms with Gasteiger partial charge in [-0.05, 0) is 80.9 Å². The van der Waals surface area contributed by atoms with E-state index in [4.69, 9.17) is 5.14 Å². The van der Waals surface area contributed by atoms with Gasteiger partial charge in [0.05, 0.1) is 10.9 Å². The zero-order chi connectivity index (χ0) is 21.5. The Kier molecular flexibility index (Phi) is 5.66. The Hall–Kier alpha value is -1.93.